The molecule has 0 bridgehead atoms. The van der Waals surface area contributed by atoms with Crippen LogP contribution in [0.3, 0.4) is 0 Å². The number of aliphatic hydroxyl groups excluding tert-OH is 11. The van der Waals surface area contributed by atoms with E-state index in [1.165, 1.54) is 108 Å². The summed E-state index contributed by atoms with van der Waals surface area (Å²) in [4.78, 5) is 45.1. The fourth-order valence-corrected chi connectivity index (χ4v) is 5.95. The Morgan fingerprint density at radius 1 is 0.701 bits per heavy atom. The molecule has 0 aromatic heterocycles. The smallest absolute Gasteiger partial charge is 0.756 e. The molecule has 2 aliphatic heterocycles. The van der Waals surface area contributed by atoms with Crippen LogP contribution in [-0.2, 0) is 33.0 Å². The van der Waals surface area contributed by atoms with Crippen LogP contribution in [0.25, 0.3) is 0 Å². The quantitative estimate of drug-likeness (QED) is 0.0228. The van der Waals surface area contributed by atoms with Crippen LogP contribution < -0.4 is 56.3 Å². The molecule has 2 heterocycles. The number of aromatic hydroxyl groups is 1. The molecule has 0 amide bonds. The Labute approximate surface area is 435 Å². The van der Waals surface area contributed by atoms with Gasteiger partial charge < -0.3 is 99.6 Å². The van der Waals surface area contributed by atoms with Gasteiger partial charge in [0, 0.05) is 6.42 Å². The van der Waals surface area contributed by atoms with Crippen LogP contribution in [-0.4, -0.2) is 190 Å². The van der Waals surface area contributed by atoms with Gasteiger partial charge in [0.2, 0.25) is 0 Å². The third kappa shape index (κ3) is 35.0. The summed E-state index contributed by atoms with van der Waals surface area (Å²) in [6.45, 7) is 4.01. The van der Waals surface area contributed by atoms with Crippen molar-refractivity contribution < 1.29 is 165 Å². The van der Waals surface area contributed by atoms with Crippen molar-refractivity contribution in [3.8, 4) is 5.75 Å². The van der Waals surface area contributed by atoms with Crippen molar-refractivity contribution in [2.75, 3.05) is 33.5 Å². The van der Waals surface area contributed by atoms with Crippen molar-refractivity contribution in [2.24, 2.45) is 0 Å². The summed E-state index contributed by atoms with van der Waals surface area (Å²) < 4.78 is 33.6. The summed E-state index contributed by atoms with van der Waals surface area (Å²) in [7, 11) is -3.57. The molecule has 3 rings (SSSR count). The van der Waals surface area contributed by atoms with Crippen LogP contribution >= 0.6 is 7.82 Å². The van der Waals surface area contributed by atoms with E-state index in [9.17, 15) is 45.3 Å². The molecule has 0 spiro atoms. The predicted molar refractivity (Wildman–Crippen MR) is 232 cm³/mol. The van der Waals surface area contributed by atoms with Crippen molar-refractivity contribution in [3.63, 3.8) is 0 Å². The van der Waals surface area contributed by atoms with E-state index in [4.69, 9.17) is 63.7 Å². The van der Waals surface area contributed by atoms with E-state index in [0.29, 0.717) is 12.0 Å². The molecular weight excluding hydrogens is 943 g/mol. The average Bonchev–Trinajstić information content (AvgIpc) is 3.27. The van der Waals surface area contributed by atoms with Crippen molar-refractivity contribution >= 4 is 19.8 Å². The minimum Gasteiger partial charge on any atom is -0.756 e. The second-order valence-corrected chi connectivity index (χ2v) is 16.6. The van der Waals surface area contributed by atoms with Crippen molar-refractivity contribution in [2.45, 2.75) is 184 Å². The molecule has 390 valence electrons. The zero-order valence-electron chi connectivity index (χ0n) is 39.3. The average molecular weight is 1020 g/mol. The van der Waals surface area contributed by atoms with Gasteiger partial charge in [-0.1, -0.05) is 84.0 Å². The van der Waals surface area contributed by atoms with E-state index in [-0.39, 0.29) is 82.4 Å². The maximum atomic E-state index is 11.3. The number of unbranched alkanes of at least 4 members (excludes halogenated alkanes) is 12. The van der Waals surface area contributed by atoms with E-state index in [1.807, 2.05) is 13.8 Å². The Morgan fingerprint density at radius 3 is 1.54 bits per heavy atom. The first kappa shape index (κ1) is 70.4. The second-order valence-electron chi connectivity index (χ2n) is 15.6. The van der Waals surface area contributed by atoms with Gasteiger partial charge in [0.15, 0.2) is 12.6 Å². The zero-order valence-corrected chi connectivity index (χ0v) is 43.4. The first-order chi connectivity index (χ1) is 31.0. The summed E-state index contributed by atoms with van der Waals surface area (Å²) in [6, 6.07) is 5.88. The first-order valence-electron chi connectivity index (χ1n) is 22.0. The molecule has 14 N–H and O–H groups in total. The number of esters is 2. The van der Waals surface area contributed by atoms with Gasteiger partial charge in [-0.25, -0.2) is 4.79 Å². The molecule has 1 aromatic carbocycles. The third-order valence-electron chi connectivity index (χ3n) is 9.54. The number of benzene rings is 1. The molecule has 1 aromatic rings. The fourth-order valence-electron chi connectivity index (χ4n) is 5.95. The number of carbonyl (C=O) groups excluding carboxylic acids is 2. The number of hydrogen-bond acceptors (Lipinski definition) is 21. The van der Waals surface area contributed by atoms with Crippen LogP contribution in [0.5, 0.6) is 5.75 Å². The van der Waals surface area contributed by atoms with E-state index in [2.05, 4.69) is 11.7 Å². The molecular formula is C42H78KO23P. The summed E-state index contributed by atoms with van der Waals surface area (Å²) >= 11 is 0. The van der Waals surface area contributed by atoms with Crippen LogP contribution in [0.1, 0.15) is 121 Å². The zero-order chi connectivity index (χ0) is 50.8. The van der Waals surface area contributed by atoms with E-state index in [0.717, 1.165) is 6.42 Å². The molecule has 67 heavy (non-hydrogen) atoms. The largest absolute Gasteiger partial charge is 1.00 e. The van der Waals surface area contributed by atoms with Crippen LogP contribution in [0.2, 0.25) is 0 Å². The van der Waals surface area contributed by atoms with E-state index < -0.39 is 94.5 Å². The Kier molecular flexibility index (Phi) is 43.9. The number of hydrogen-bond donors (Lipinski definition) is 14. The second kappa shape index (κ2) is 41.7. The monoisotopic (exact) mass is 1020 g/mol. The molecule has 23 nitrogen and oxygen atoms in total. The maximum Gasteiger partial charge on any atom is 1.00 e. The number of phenolic OH excluding ortho intramolecular Hbond substituents is 1. The molecule has 2 fully saturated rings. The molecule has 2 aliphatic rings. The number of phosphoric acid groups is 1. The molecule has 0 radical (unpaired) electrons. The topological polar surface area (TPSA) is 404 Å². The number of carbonyl (C=O) groups is 2. The Hall–Kier alpha value is -0.854. The van der Waals surface area contributed by atoms with Crippen LogP contribution in [0.15, 0.2) is 24.3 Å². The van der Waals surface area contributed by atoms with Gasteiger partial charge in [0.05, 0.1) is 45.2 Å². The molecule has 0 unspecified atom stereocenters. The molecule has 0 saturated carbocycles. The third-order valence-corrected chi connectivity index (χ3v) is 9.54. The van der Waals surface area contributed by atoms with E-state index >= 15 is 0 Å². The van der Waals surface area contributed by atoms with Gasteiger partial charge in [-0.05, 0) is 44.5 Å². The van der Waals surface area contributed by atoms with E-state index in [1.54, 1.807) is 0 Å². The standard InChI is InChI=1S/C19H38O2.C12H22O11.C8H8O3.C3H8O3.K.H3O4P/c1-4-5-6-7-8-9-10-11-12-13-14-15-16-17-19(20)21-18(2)3;13-1-3-5(15)6(16)9(19)12(22-3)23-10-4(2-14)21-11(20)8(18)7(10)17;1-11-8(10)6-2-4-7(9)5-3-6;4-1-3(6)2-5;;1-5(2,3)4/h18H,4-17H2,1-3H3;3-20H,1-2H2;2-5,9H,1H3;3-6H,1-2H2;;(H3,1,2,3,4)/q;;;;+1;/p-1/t;3-,4-,5+,6+,7-,8-,9-,10-,11-,12+;;;;/m.1..../s1. The van der Waals surface area contributed by atoms with Gasteiger partial charge in [-0.3, -0.25) is 9.36 Å². The molecule has 0 aliphatic carbocycles. The number of methoxy groups -OCH3 is 1. The van der Waals surface area contributed by atoms with Gasteiger partial charge in [0.25, 0.3) is 7.82 Å². The van der Waals surface area contributed by atoms with Crippen molar-refractivity contribution in [1.29, 1.82) is 0 Å². The Morgan fingerprint density at radius 2 is 1.15 bits per heavy atom. The summed E-state index contributed by atoms with van der Waals surface area (Å²) in [5.74, 6) is -0.296. The summed E-state index contributed by atoms with van der Waals surface area (Å²) in [5, 5.41) is 109. The minimum atomic E-state index is -4.89. The fraction of sp³-hybridized carbons (Fsp3) is 0.810. The summed E-state index contributed by atoms with van der Waals surface area (Å²) in [6.07, 6.45) is 1.48. The van der Waals surface area contributed by atoms with Gasteiger partial charge >= 0.3 is 63.3 Å². The minimum absolute atomic E-state index is 0. The normalized spacial score (nSPS) is 24.5. The van der Waals surface area contributed by atoms with Gasteiger partial charge in [-0.2, -0.15) is 0 Å². The van der Waals surface area contributed by atoms with Crippen LogP contribution in [0, 0.1) is 0 Å². The number of rotatable bonds is 22. The van der Waals surface area contributed by atoms with Gasteiger partial charge in [0.1, 0.15) is 60.7 Å². The van der Waals surface area contributed by atoms with Crippen molar-refractivity contribution in [1.82, 2.24) is 0 Å². The molecule has 25 heteroatoms. The molecule has 2 saturated heterocycles. The SMILES string of the molecule is CCCCCCCCCCCCCCCC(=O)OC(C)C.COC(=O)c1ccc(O)cc1.O=P([O-])(O)O.OCC(O)CO.OC[C@H]1O[C@@H](O[C@H]2[C@H](O)[C@@H](O)[C@H](O)O[C@@H]2CO)[C@H](O)[C@@H](O)[C@H]1O.[K+]. The number of aliphatic hydroxyl groups is 11. The van der Waals surface area contributed by atoms with Crippen LogP contribution in [0.4, 0.5) is 0 Å². The molecule has 10 atom stereocenters. The Balaban J connectivity index is -0.000000847. The van der Waals surface area contributed by atoms with Gasteiger partial charge in [-0.15, -0.1) is 0 Å². The van der Waals surface area contributed by atoms with Crippen molar-refractivity contribution in [3.05, 3.63) is 29.8 Å². The first-order valence-corrected chi connectivity index (χ1v) is 23.6. The summed E-state index contributed by atoms with van der Waals surface area (Å²) in [5.41, 5.74) is 0.435. The number of phenols is 1. The predicted octanol–water partition coefficient (Wildman–Crippen LogP) is -4.02. The Bertz CT molecular complexity index is 1380. The number of ether oxygens (including phenoxy) is 5. The maximum absolute atomic E-state index is 11.3.